The van der Waals surface area contributed by atoms with E-state index < -0.39 is 22.7 Å². The number of aryl methyl sites for hydroxylation is 1. The van der Waals surface area contributed by atoms with Crippen LogP contribution in [-0.2, 0) is 33.3 Å². The van der Waals surface area contributed by atoms with E-state index in [0.717, 1.165) is 28.1 Å². The highest BCUT2D eigenvalue weighted by molar-refractivity contribution is 6.26. The molecule has 10 nitrogen and oxygen atoms in total. The summed E-state index contributed by atoms with van der Waals surface area (Å²) in [6.07, 6.45) is 5.07. The van der Waals surface area contributed by atoms with Gasteiger partial charge in [0.25, 0.3) is 11.8 Å². The number of nitrogens with one attached hydrogen (secondary N) is 2. The number of amides is 2. The SMILES string of the molecule is CCOC(=O)C1=C(CC)c2cc3[nH]c(c4c5[nH]c(cc6nc(c(OC)c1n2)=CC6(C)C)c(CC)c5C(=O)N(Cc1ccccc1)C4=O)=CC3(C)C. The van der Waals surface area contributed by atoms with Gasteiger partial charge in [-0.25, -0.2) is 14.8 Å². The summed E-state index contributed by atoms with van der Waals surface area (Å²) < 4.78 is 11.6. The molecule has 2 aromatic heterocycles. The Morgan fingerprint density at radius 2 is 1.61 bits per heavy atom. The standard InChI is InChI=1S/C41H43N5O5/c1-9-23-25-17-30-41(6,7)20-28(43-30)36(50-8)35-32(39(49)51-11-3)24(10-2)26(45-35)18-29-40(4,5)19-27(42-29)33-34(44-25)31(23)37(47)46(38(33)48)21-22-15-13-12-14-16-22/h12-20,42,44H,9-11,21H2,1-8H3. The highest BCUT2D eigenvalue weighted by atomic mass is 16.5. The Hall–Kier alpha value is -5.51. The van der Waals surface area contributed by atoms with Crippen molar-refractivity contribution in [2.75, 3.05) is 13.7 Å². The lowest BCUT2D eigenvalue weighted by atomic mass is 9.89. The maximum atomic E-state index is 14.6. The van der Waals surface area contributed by atoms with Gasteiger partial charge in [0.15, 0.2) is 5.75 Å². The Morgan fingerprint density at radius 1 is 0.882 bits per heavy atom. The molecule has 0 unspecified atom stereocenters. The number of carbonyl (C=O) groups is 3. The lowest BCUT2D eigenvalue weighted by Crippen LogP contribution is -2.42. The summed E-state index contributed by atoms with van der Waals surface area (Å²) in [7, 11) is 1.55. The number of carbonyl (C=O) groups excluding carboxylic acids is 3. The zero-order chi connectivity index (χ0) is 36.4. The van der Waals surface area contributed by atoms with Gasteiger partial charge in [-0.3, -0.25) is 14.5 Å². The van der Waals surface area contributed by atoms with Crippen LogP contribution >= 0.6 is 0 Å². The van der Waals surface area contributed by atoms with Crippen molar-refractivity contribution >= 4 is 52.1 Å². The van der Waals surface area contributed by atoms with Crippen LogP contribution in [0, 0.1) is 0 Å². The number of imide groups is 1. The van der Waals surface area contributed by atoms with Crippen LogP contribution in [0.15, 0.2) is 42.5 Å². The molecule has 4 aliphatic rings. The van der Waals surface area contributed by atoms with E-state index in [1.54, 1.807) is 14.0 Å². The molecular formula is C41H43N5O5. The fourth-order valence-corrected chi connectivity index (χ4v) is 7.47. The molecule has 8 bridgehead atoms. The van der Waals surface area contributed by atoms with Crippen molar-refractivity contribution in [3.63, 3.8) is 0 Å². The number of allylic oxidation sites excluding steroid dienone is 1. The number of aromatic nitrogens is 4. The number of ether oxygens (including phenoxy) is 2. The van der Waals surface area contributed by atoms with Gasteiger partial charge in [-0.2, -0.15) is 0 Å². The fraction of sp³-hybridized carbons (Fsp3) is 0.341. The first-order chi connectivity index (χ1) is 24.3. The van der Waals surface area contributed by atoms with Crippen LogP contribution in [0.4, 0.5) is 0 Å². The Kier molecular flexibility index (Phi) is 8.23. The minimum absolute atomic E-state index is 0.132. The molecule has 3 aromatic rings. The topological polar surface area (TPSA) is 130 Å². The third kappa shape index (κ3) is 5.44. The third-order valence-electron chi connectivity index (χ3n) is 10.1. The van der Waals surface area contributed by atoms with Crippen LogP contribution in [0.2, 0.25) is 0 Å². The number of benzene rings is 1. The average Bonchev–Trinajstić information content (AvgIpc) is 3.80. The molecule has 262 valence electrons. The van der Waals surface area contributed by atoms with Crippen LogP contribution in [0.25, 0.3) is 34.3 Å². The van der Waals surface area contributed by atoms with Crippen molar-refractivity contribution in [1.82, 2.24) is 24.8 Å². The predicted molar refractivity (Wildman–Crippen MR) is 197 cm³/mol. The molecule has 0 saturated carbocycles. The highest BCUT2D eigenvalue weighted by Gasteiger charge is 2.38. The average molecular weight is 686 g/mol. The first kappa shape index (κ1) is 34.0. The monoisotopic (exact) mass is 685 g/mol. The van der Waals surface area contributed by atoms with E-state index in [4.69, 9.17) is 19.4 Å². The van der Waals surface area contributed by atoms with Crippen LogP contribution in [-0.4, -0.2) is 56.3 Å². The van der Waals surface area contributed by atoms with Gasteiger partial charge in [-0.05, 0) is 60.8 Å². The molecule has 0 spiro atoms. The van der Waals surface area contributed by atoms with Crippen molar-refractivity contribution < 1.29 is 23.9 Å². The second-order valence-corrected chi connectivity index (χ2v) is 14.3. The summed E-state index contributed by atoms with van der Waals surface area (Å²) in [5.41, 5.74) is 6.11. The summed E-state index contributed by atoms with van der Waals surface area (Å²) >= 11 is 0. The maximum absolute atomic E-state index is 14.6. The first-order valence-electron chi connectivity index (χ1n) is 17.5. The summed E-state index contributed by atoms with van der Waals surface area (Å²) in [4.78, 5) is 61.2. The molecule has 51 heavy (non-hydrogen) atoms. The molecular weight excluding hydrogens is 642 g/mol. The first-order valence-corrected chi connectivity index (χ1v) is 17.5. The van der Waals surface area contributed by atoms with Gasteiger partial charge in [0.2, 0.25) is 0 Å². The second-order valence-electron chi connectivity index (χ2n) is 14.3. The molecule has 0 saturated heterocycles. The zero-order valence-corrected chi connectivity index (χ0v) is 30.4. The molecule has 2 N–H and O–H groups in total. The van der Waals surface area contributed by atoms with Crippen molar-refractivity contribution in [3.05, 3.63) is 98.2 Å². The van der Waals surface area contributed by atoms with Gasteiger partial charge < -0.3 is 19.4 Å². The van der Waals surface area contributed by atoms with Crippen LogP contribution in [0.1, 0.15) is 110 Å². The predicted octanol–water partition coefficient (Wildman–Crippen LogP) is 5.80. The van der Waals surface area contributed by atoms with Crippen molar-refractivity contribution in [1.29, 1.82) is 0 Å². The van der Waals surface area contributed by atoms with Gasteiger partial charge in [0.05, 0.1) is 59.2 Å². The maximum Gasteiger partial charge on any atom is 0.340 e. The third-order valence-corrected chi connectivity index (χ3v) is 10.1. The normalized spacial score (nSPS) is 16.4. The molecule has 4 aliphatic heterocycles. The molecule has 2 amide bonds. The van der Waals surface area contributed by atoms with E-state index in [-0.39, 0.29) is 19.1 Å². The lowest BCUT2D eigenvalue weighted by molar-refractivity contribution is -0.136. The summed E-state index contributed by atoms with van der Waals surface area (Å²) in [5.74, 6) is -0.841. The molecule has 10 heteroatoms. The van der Waals surface area contributed by atoms with Crippen LogP contribution in [0.5, 0.6) is 5.75 Å². The quantitative estimate of drug-likeness (QED) is 0.237. The van der Waals surface area contributed by atoms with Gasteiger partial charge in [-0.15, -0.1) is 0 Å². The van der Waals surface area contributed by atoms with Crippen LogP contribution < -0.4 is 15.4 Å². The smallest absolute Gasteiger partial charge is 0.340 e. The van der Waals surface area contributed by atoms with Gasteiger partial charge >= 0.3 is 5.97 Å². The Morgan fingerprint density at radius 3 is 2.27 bits per heavy atom. The molecule has 6 heterocycles. The molecule has 0 fully saturated rings. The number of aromatic amines is 2. The summed E-state index contributed by atoms with van der Waals surface area (Å²) in [6, 6.07) is 13.4. The van der Waals surface area contributed by atoms with Gasteiger partial charge in [-0.1, -0.05) is 71.9 Å². The minimum atomic E-state index is -0.573. The Balaban J connectivity index is 1.67. The van der Waals surface area contributed by atoms with E-state index in [1.165, 1.54) is 4.90 Å². The number of hydrogen-bond donors (Lipinski definition) is 2. The van der Waals surface area contributed by atoms with E-state index >= 15 is 0 Å². The number of fused-ring (bicyclic) bond motifs is 8. The van der Waals surface area contributed by atoms with Gasteiger partial charge in [0.1, 0.15) is 11.0 Å². The fourth-order valence-electron chi connectivity index (χ4n) is 7.47. The summed E-state index contributed by atoms with van der Waals surface area (Å²) in [5, 5.41) is 1.13. The molecule has 7 rings (SSSR count). The van der Waals surface area contributed by atoms with E-state index in [2.05, 4.69) is 23.8 Å². The zero-order valence-electron chi connectivity index (χ0n) is 30.4. The molecule has 0 radical (unpaired) electrons. The number of hydrogen-bond acceptors (Lipinski definition) is 7. The Bertz CT molecular complexity index is 2380. The van der Waals surface area contributed by atoms with Crippen molar-refractivity contribution in [2.24, 2.45) is 0 Å². The number of H-pyrrole nitrogens is 2. The highest BCUT2D eigenvalue weighted by Crippen LogP contribution is 2.39. The van der Waals surface area contributed by atoms with Crippen molar-refractivity contribution in [2.45, 2.75) is 78.7 Å². The summed E-state index contributed by atoms with van der Waals surface area (Å²) in [6.45, 7) is 14.3. The van der Waals surface area contributed by atoms with E-state index in [9.17, 15) is 14.4 Å². The number of esters is 1. The minimum Gasteiger partial charge on any atom is -0.492 e. The van der Waals surface area contributed by atoms with Crippen molar-refractivity contribution in [3.8, 4) is 5.75 Å². The Labute approximate surface area is 296 Å². The number of rotatable bonds is 7. The number of methoxy groups -OCH3 is 1. The second kappa shape index (κ2) is 12.4. The molecule has 0 atom stereocenters. The lowest BCUT2D eigenvalue weighted by Gasteiger charge is -2.25. The molecule has 1 aromatic carbocycles. The van der Waals surface area contributed by atoms with Gasteiger partial charge in [0, 0.05) is 22.0 Å². The molecule has 0 aliphatic carbocycles. The van der Waals surface area contributed by atoms with E-state index in [0.29, 0.717) is 68.4 Å². The largest absolute Gasteiger partial charge is 0.492 e. The number of nitrogens with zero attached hydrogens (tertiary/aromatic N) is 3. The van der Waals surface area contributed by atoms with E-state index in [1.807, 2.05) is 82.3 Å². The van der Waals surface area contributed by atoms with Crippen LogP contribution in [0.3, 0.4) is 0 Å².